The van der Waals surface area contributed by atoms with Crippen LogP contribution in [0.1, 0.15) is 139 Å². The molecule has 6 aliphatic heterocycles. The molecule has 0 aliphatic carbocycles. The van der Waals surface area contributed by atoms with Gasteiger partial charge in [0, 0.05) is 55.2 Å². The molecule has 0 unspecified atom stereocenters. The summed E-state index contributed by atoms with van der Waals surface area (Å²) in [5, 5.41) is 11.6. The summed E-state index contributed by atoms with van der Waals surface area (Å²) in [5.74, 6) is 0.635. The number of benzene rings is 12. The van der Waals surface area contributed by atoms with Crippen molar-refractivity contribution in [1.82, 2.24) is 29.4 Å². The van der Waals surface area contributed by atoms with E-state index in [0.717, 1.165) is 122 Å². The highest BCUT2D eigenvalue weighted by molar-refractivity contribution is 7.10. The van der Waals surface area contributed by atoms with Gasteiger partial charge in [-0.1, -0.05) is 297 Å². The molecule has 2 atom stereocenters. The molecule has 26 heteroatoms. The van der Waals surface area contributed by atoms with E-state index in [1.807, 2.05) is 313 Å². The molecule has 6 aliphatic rings. The van der Waals surface area contributed by atoms with E-state index in [2.05, 4.69) is 35.3 Å². The summed E-state index contributed by atoms with van der Waals surface area (Å²) in [7, 11) is 1.62. The summed E-state index contributed by atoms with van der Waals surface area (Å²) in [6, 6.07) is 109. The molecule has 0 saturated carbocycles. The van der Waals surface area contributed by atoms with Crippen LogP contribution in [0.4, 0.5) is 0 Å². The number of rotatable bonds is 22. The van der Waals surface area contributed by atoms with Gasteiger partial charge in [0.25, 0.3) is 23.6 Å². The van der Waals surface area contributed by atoms with E-state index in [4.69, 9.17) is 65.2 Å². The molecule has 24 nitrogen and oxygen atoms in total. The van der Waals surface area contributed by atoms with E-state index in [1.165, 1.54) is 26.7 Å². The van der Waals surface area contributed by atoms with E-state index in [1.54, 1.807) is 48.0 Å². The summed E-state index contributed by atoms with van der Waals surface area (Å²) in [4.78, 5) is 122. The molecular weight excluding hydrogens is 1760 g/mol. The topological polar surface area (TPSA) is 351 Å². The number of hydrogen-bond acceptors (Lipinski definition) is 19. The predicted octanol–water partition coefficient (Wildman–Crippen LogP) is 16.9. The number of hydrogen-bond donors (Lipinski definition) is 5. The Balaban J connectivity index is 0.000000135. The predicted molar refractivity (Wildman–Crippen MR) is 540 cm³/mol. The van der Waals surface area contributed by atoms with Crippen LogP contribution in [0, 0.1) is 23.2 Å². The number of guanidine groups is 4. The molecule has 2 saturated heterocycles. The van der Waals surface area contributed by atoms with Gasteiger partial charge >= 0.3 is 5.97 Å². The van der Waals surface area contributed by atoms with Gasteiger partial charge in [0.05, 0.1) is 43.3 Å². The molecule has 7 heterocycles. The summed E-state index contributed by atoms with van der Waals surface area (Å²) < 4.78 is 5.07. The van der Waals surface area contributed by atoms with Crippen LogP contribution in [0.3, 0.4) is 0 Å². The maximum Gasteiger partial charge on any atom is 0.338 e. The number of aliphatic imine (C=N–C) groups is 4. The third-order valence-electron chi connectivity index (χ3n) is 26.1. The fourth-order valence-corrected chi connectivity index (χ4v) is 19.9. The fraction of sp³-hybridized carbons (Fsp3) is 0.214. The minimum absolute atomic E-state index is 0.0299. The van der Waals surface area contributed by atoms with E-state index in [0.29, 0.717) is 53.9 Å². The van der Waals surface area contributed by atoms with Gasteiger partial charge in [-0.3, -0.25) is 48.4 Å². The highest BCUT2D eigenvalue weighted by atomic mass is 35.5. The Morgan fingerprint density at radius 1 is 0.457 bits per heavy atom. The molecule has 10 N–H and O–H groups in total. The lowest BCUT2D eigenvalue weighted by atomic mass is 9.82. The maximum absolute atomic E-state index is 14.1. The monoisotopic (exact) mass is 1870 g/mol. The molecule has 1 aromatic heterocycles. The Morgan fingerprint density at radius 3 is 1.36 bits per heavy atom. The molecule has 138 heavy (non-hydrogen) atoms. The number of ether oxygens (including phenoxy) is 1. The number of piperidine rings is 2. The third-order valence-corrected chi connectivity index (χ3v) is 27.5. The maximum atomic E-state index is 14.1. The van der Waals surface area contributed by atoms with Crippen molar-refractivity contribution in [2.45, 2.75) is 93.7 Å². The molecule has 13 aromatic rings. The summed E-state index contributed by atoms with van der Waals surface area (Å²) in [5.41, 5.74) is 40.9. The number of nitriles is 1. The highest BCUT2D eigenvalue weighted by Crippen LogP contribution is 2.46. The normalized spacial score (nSPS) is 17.4. The van der Waals surface area contributed by atoms with E-state index < -0.39 is 28.2 Å². The van der Waals surface area contributed by atoms with Crippen LogP contribution in [0.15, 0.2) is 365 Å². The van der Waals surface area contributed by atoms with E-state index in [-0.39, 0.29) is 90.7 Å². The minimum atomic E-state index is -1.25. The third kappa shape index (κ3) is 20.4. The van der Waals surface area contributed by atoms with Crippen molar-refractivity contribution in [3.05, 3.63) is 427 Å². The van der Waals surface area contributed by atoms with Crippen molar-refractivity contribution < 1.29 is 38.3 Å². The van der Waals surface area contributed by atoms with Crippen molar-refractivity contribution >= 4 is 88.2 Å². The number of amides is 6. The average Bonchev–Trinajstić information content (AvgIpc) is 1.59. The van der Waals surface area contributed by atoms with Crippen LogP contribution in [0.25, 0.3) is 22.3 Å². The largest absolute Gasteiger partial charge is 0.462 e. The van der Waals surface area contributed by atoms with Gasteiger partial charge in [-0.2, -0.15) is 5.26 Å². The van der Waals surface area contributed by atoms with Crippen LogP contribution in [0.2, 0.25) is 5.02 Å². The number of likely N-dealkylation sites (tertiary alicyclic amines) is 2. The number of nitrogens with two attached hydrogens (primary N) is 5. The standard InChI is InChI=1S/C35H34N4O2.C31H27N3O3.C29H31N5O2.C17H15ClN4OS/c36-34-37-35(30-15-6-2-7-16-30,31-17-8-3-9-18-31)33(41)39(34)25-28-13-10-14-29(24-28)32(40)38-21-19-27(20-22-38)23-26-11-4-1-5-12-26;1-2-37-28(35)24-18-16-23(17-19-24)25-11-9-10-22(20-25)21-34-29(36)31(33-30(34)32,26-12-5-3-6-13-26)27-14-7-4-8-15-27;30-25(22-10-4-1-5-11-22)26(35)33-18-16-21(17-19-33)20-34-27(36)29(32-28(34)31,23-12-6-2-7-13-23)24-14-8-3-9-15-24;1-17(7-15(23)22(2)16(20)21-17)14-6-12(9-24-14)11-3-10(8-19)4-13(18)5-11/h1-18,24,27H,19-23,25H2,(H2,36,37);3-20H,2,21H2,1H3,(H2,32,33);1-15,21,25H,16-20,30H2,(H2,31,32);3-6,9H,7H2,1-2H3,(H2,20,21)/t;;25-;17-/m..00/s1. The molecule has 6 amide bonds. The van der Waals surface area contributed by atoms with Gasteiger partial charge in [0.15, 0.2) is 40.5 Å². The van der Waals surface area contributed by atoms with Gasteiger partial charge in [0.2, 0.25) is 11.8 Å². The number of thiophene rings is 1. The fourth-order valence-electron chi connectivity index (χ4n) is 18.7. The van der Waals surface area contributed by atoms with Crippen molar-refractivity contribution in [1.29, 1.82) is 5.26 Å². The van der Waals surface area contributed by atoms with Crippen molar-refractivity contribution in [2.75, 3.05) is 46.4 Å². The second-order valence-electron chi connectivity index (χ2n) is 35.1. The first-order valence-corrected chi connectivity index (χ1v) is 47.3. The number of carbonyl (C=O) groups is 7. The highest BCUT2D eigenvalue weighted by Gasteiger charge is 2.54. The smallest absolute Gasteiger partial charge is 0.338 e. The zero-order valence-electron chi connectivity index (χ0n) is 76.9. The van der Waals surface area contributed by atoms with Gasteiger partial charge in [-0.15, -0.1) is 11.3 Å². The summed E-state index contributed by atoms with van der Waals surface area (Å²) >= 11 is 7.59. The number of carbonyl (C=O) groups excluding carboxylic acids is 7. The Labute approximate surface area is 812 Å². The van der Waals surface area contributed by atoms with Crippen LogP contribution >= 0.6 is 22.9 Å². The minimum Gasteiger partial charge on any atom is -0.462 e. The van der Waals surface area contributed by atoms with Gasteiger partial charge in [-0.05, 0) is 196 Å². The summed E-state index contributed by atoms with van der Waals surface area (Å²) in [6.07, 6.45) is 4.86. The zero-order valence-corrected chi connectivity index (χ0v) is 78.5. The average molecular weight is 1870 g/mol. The zero-order chi connectivity index (χ0) is 96.7. The Hall–Kier alpha value is -15.8. The molecule has 2 fully saturated rings. The van der Waals surface area contributed by atoms with E-state index >= 15 is 0 Å². The lowest BCUT2D eigenvalue weighted by molar-refractivity contribution is -0.135. The van der Waals surface area contributed by atoms with Crippen LogP contribution in [-0.4, -0.2) is 141 Å². The molecular formula is C112H107ClN16O8S. The second-order valence-corrected chi connectivity index (χ2v) is 36.5. The SMILES string of the molecule is CCOC(=O)c1ccc(-c2cccc(CN3C(=O)C(c4ccccc4)(c4ccccc4)N=C3N)c2)cc1.CN1C(=O)C[C@@](C)(c2cc(-c3cc(Cl)cc(C#N)c3)cs2)N=C1N.NC1=NC(c2ccccc2)(c2ccccc2)C(=O)N1CC1CCN(C(=O)[C@@H](N)c2ccccc2)CC1.NC1=NC(c2ccccc2)(c2ccccc2)C(=O)N1Cc1cccc(C(=O)N2CCC(Cc3ccccc3)CC2)c1. The number of nitrogens with zero attached hydrogens (tertiary/aromatic N) is 11. The lowest BCUT2D eigenvalue weighted by Crippen LogP contribution is -2.48. The van der Waals surface area contributed by atoms with Gasteiger partial charge in [-0.25, -0.2) is 24.8 Å². The Kier molecular flexibility index (Phi) is 29.3. The van der Waals surface area contributed by atoms with E-state index in [9.17, 15) is 33.6 Å². The Bertz CT molecular complexity index is 6620. The first-order chi connectivity index (χ1) is 66.9. The second kappa shape index (κ2) is 42.4. The number of halogens is 1. The van der Waals surface area contributed by atoms with Crippen LogP contribution in [-0.2, 0) is 70.4 Å². The molecule has 12 aromatic carbocycles. The molecule has 0 spiro atoms. The van der Waals surface area contributed by atoms with Gasteiger partial charge < -0.3 is 43.2 Å². The quantitative estimate of drug-likeness (QED) is 0.0394. The molecule has 0 radical (unpaired) electrons. The summed E-state index contributed by atoms with van der Waals surface area (Å²) in [6.45, 7) is 7.71. The van der Waals surface area contributed by atoms with Crippen molar-refractivity contribution in [2.24, 2.45) is 60.5 Å². The first-order valence-electron chi connectivity index (χ1n) is 46.0. The first kappa shape index (κ1) is 95.4. The van der Waals surface area contributed by atoms with Crippen LogP contribution < -0.4 is 28.7 Å². The van der Waals surface area contributed by atoms with Crippen molar-refractivity contribution in [3.63, 3.8) is 0 Å². The molecule has 0 bridgehead atoms. The lowest BCUT2D eigenvalue weighted by Gasteiger charge is -2.35. The van der Waals surface area contributed by atoms with Crippen LogP contribution in [0.5, 0.6) is 0 Å². The molecule has 696 valence electrons. The number of esters is 1. The Morgan fingerprint density at radius 2 is 0.884 bits per heavy atom. The van der Waals surface area contributed by atoms with Crippen molar-refractivity contribution in [3.8, 4) is 28.3 Å². The molecule has 19 rings (SSSR count). The van der Waals surface area contributed by atoms with Gasteiger partial charge in [0.1, 0.15) is 11.6 Å².